The quantitative estimate of drug-likeness (QED) is 0.605. The molecule has 146 valence electrons. The Kier molecular flexibility index (Phi) is 5.42. The van der Waals surface area contributed by atoms with Gasteiger partial charge in [-0.2, -0.15) is 5.10 Å². The topological polar surface area (TPSA) is 76.1 Å². The lowest BCUT2D eigenvalue weighted by molar-refractivity contribution is -0.118. The van der Waals surface area contributed by atoms with Crippen LogP contribution in [0.2, 0.25) is 0 Å². The average molecular weight is 386 g/mol. The molecule has 1 aromatic heterocycles. The van der Waals surface area contributed by atoms with Crippen molar-refractivity contribution in [2.75, 3.05) is 11.4 Å². The van der Waals surface area contributed by atoms with E-state index >= 15 is 0 Å². The van der Waals surface area contributed by atoms with E-state index in [1.807, 2.05) is 48.2 Å². The summed E-state index contributed by atoms with van der Waals surface area (Å²) >= 11 is 0. The molecule has 1 amide bonds. The molecule has 0 saturated heterocycles. The highest BCUT2D eigenvalue weighted by molar-refractivity contribution is 5.97. The van der Waals surface area contributed by atoms with Crippen LogP contribution in [0.25, 0.3) is 11.1 Å². The van der Waals surface area contributed by atoms with E-state index in [4.69, 9.17) is 0 Å². The van der Waals surface area contributed by atoms with Gasteiger partial charge in [-0.25, -0.2) is 4.98 Å². The molecular weight excluding hydrogens is 364 g/mol. The van der Waals surface area contributed by atoms with Crippen molar-refractivity contribution in [1.82, 2.24) is 15.2 Å². The van der Waals surface area contributed by atoms with Crippen LogP contribution in [0, 0.1) is 0 Å². The van der Waals surface area contributed by atoms with E-state index in [1.54, 1.807) is 6.20 Å². The number of anilines is 1. The van der Waals surface area contributed by atoms with E-state index in [0.29, 0.717) is 30.7 Å². The number of rotatable bonds is 6. The van der Waals surface area contributed by atoms with E-state index in [9.17, 15) is 9.59 Å². The first-order valence-electron chi connectivity index (χ1n) is 9.85. The minimum Gasteiger partial charge on any atom is -0.312 e. The number of hydrogen-bond donors (Lipinski definition) is 0. The molecule has 2 heterocycles. The second-order valence-electron chi connectivity index (χ2n) is 7.05. The first-order chi connectivity index (χ1) is 14.2. The lowest BCUT2D eigenvalue weighted by Gasteiger charge is -2.16. The van der Waals surface area contributed by atoms with Gasteiger partial charge in [0, 0.05) is 43.3 Å². The third kappa shape index (κ3) is 4.06. The van der Waals surface area contributed by atoms with E-state index in [0.717, 1.165) is 29.8 Å². The fourth-order valence-electron chi connectivity index (χ4n) is 3.64. The minimum absolute atomic E-state index is 0.0617. The van der Waals surface area contributed by atoms with Crippen molar-refractivity contribution in [3.63, 3.8) is 0 Å². The Labute approximate surface area is 169 Å². The molecule has 0 saturated carbocycles. The third-order valence-corrected chi connectivity index (χ3v) is 5.22. The molecule has 0 N–H and O–H groups in total. The predicted molar refractivity (Wildman–Crippen MR) is 111 cm³/mol. The Morgan fingerprint density at radius 1 is 1.03 bits per heavy atom. The van der Waals surface area contributed by atoms with Crippen LogP contribution < -0.4 is 4.90 Å². The first-order valence-corrected chi connectivity index (χ1v) is 9.85. The van der Waals surface area contributed by atoms with Crippen LogP contribution in [0.4, 0.5) is 5.69 Å². The molecule has 6 nitrogen and oxygen atoms in total. The number of ketones is 1. The molecule has 2 aromatic carbocycles. The molecule has 1 aliphatic rings. The zero-order valence-electron chi connectivity index (χ0n) is 16.3. The summed E-state index contributed by atoms with van der Waals surface area (Å²) < 4.78 is 0. The molecule has 6 heteroatoms. The van der Waals surface area contributed by atoms with Crippen molar-refractivity contribution >= 4 is 17.4 Å². The molecule has 0 fully saturated rings. The summed E-state index contributed by atoms with van der Waals surface area (Å²) in [7, 11) is 0. The third-order valence-electron chi connectivity index (χ3n) is 5.22. The second kappa shape index (κ2) is 8.31. The first kappa shape index (κ1) is 18.9. The number of hydrogen-bond acceptors (Lipinski definition) is 5. The van der Waals surface area contributed by atoms with Gasteiger partial charge in [0.2, 0.25) is 5.91 Å². The van der Waals surface area contributed by atoms with Crippen LogP contribution in [0.3, 0.4) is 0 Å². The second-order valence-corrected chi connectivity index (χ2v) is 7.05. The molecule has 0 spiro atoms. The van der Waals surface area contributed by atoms with Gasteiger partial charge in [-0.3, -0.25) is 9.59 Å². The van der Waals surface area contributed by atoms with E-state index in [2.05, 4.69) is 21.2 Å². The monoisotopic (exact) mass is 386 g/mol. The van der Waals surface area contributed by atoms with Crippen molar-refractivity contribution in [3.05, 3.63) is 71.8 Å². The van der Waals surface area contributed by atoms with E-state index in [-0.39, 0.29) is 11.7 Å². The molecule has 3 aromatic rings. The lowest BCUT2D eigenvalue weighted by Crippen LogP contribution is -2.27. The molecule has 0 radical (unpaired) electrons. The van der Waals surface area contributed by atoms with Gasteiger partial charge in [-0.1, -0.05) is 37.3 Å². The SMILES string of the molecule is CCC(=O)N1CCc2cc(-c3ccc(C(=O)CCc4nccnn4)cc3)ccc21. The zero-order valence-corrected chi connectivity index (χ0v) is 16.3. The number of aryl methyl sites for hydroxylation is 1. The highest BCUT2D eigenvalue weighted by atomic mass is 16.2. The Balaban J connectivity index is 1.45. The molecule has 0 unspecified atom stereocenters. The summed E-state index contributed by atoms with van der Waals surface area (Å²) in [6.45, 7) is 2.64. The highest BCUT2D eigenvalue weighted by Gasteiger charge is 2.23. The van der Waals surface area contributed by atoms with Crippen LogP contribution >= 0.6 is 0 Å². The molecule has 0 bridgehead atoms. The zero-order chi connectivity index (χ0) is 20.2. The van der Waals surface area contributed by atoms with Gasteiger partial charge in [0.1, 0.15) is 0 Å². The van der Waals surface area contributed by atoms with Gasteiger partial charge in [0.05, 0.1) is 6.20 Å². The lowest BCUT2D eigenvalue weighted by atomic mass is 9.99. The Morgan fingerprint density at radius 3 is 2.55 bits per heavy atom. The van der Waals surface area contributed by atoms with Crippen molar-refractivity contribution in [3.8, 4) is 11.1 Å². The Hall–Kier alpha value is -3.41. The van der Waals surface area contributed by atoms with Crippen LogP contribution in [0.5, 0.6) is 0 Å². The fourth-order valence-corrected chi connectivity index (χ4v) is 3.64. The van der Waals surface area contributed by atoms with E-state index < -0.39 is 0 Å². The predicted octanol–water partition coefficient (Wildman–Crippen LogP) is 3.65. The van der Waals surface area contributed by atoms with Crippen molar-refractivity contribution < 1.29 is 9.59 Å². The average Bonchev–Trinajstić information content (AvgIpc) is 3.21. The maximum Gasteiger partial charge on any atom is 0.226 e. The molecule has 4 rings (SSSR count). The molecule has 29 heavy (non-hydrogen) atoms. The molecule has 0 aliphatic carbocycles. The molecule has 0 atom stereocenters. The van der Waals surface area contributed by atoms with Crippen molar-refractivity contribution in [2.24, 2.45) is 0 Å². The van der Waals surface area contributed by atoms with Gasteiger partial charge in [-0.15, -0.1) is 5.10 Å². The van der Waals surface area contributed by atoms with Crippen molar-refractivity contribution in [1.29, 1.82) is 0 Å². The summed E-state index contributed by atoms with van der Waals surface area (Å²) in [4.78, 5) is 30.5. The molecule has 1 aliphatic heterocycles. The number of nitrogens with zero attached hydrogens (tertiary/aromatic N) is 4. The van der Waals surface area contributed by atoms with Gasteiger partial charge >= 0.3 is 0 Å². The standard InChI is InChI=1S/C23H22N4O2/c1-2-23(29)27-14-11-19-15-18(7-8-20(19)27)16-3-5-17(6-4-16)21(28)9-10-22-24-12-13-25-26-22/h3-8,12-13,15H,2,9-11,14H2,1H3. The summed E-state index contributed by atoms with van der Waals surface area (Å²) in [5.41, 5.74) is 5.04. The maximum atomic E-state index is 12.4. The van der Waals surface area contributed by atoms with Gasteiger partial charge in [0.15, 0.2) is 11.6 Å². The number of benzene rings is 2. The Bertz CT molecular complexity index is 1030. The number of Topliss-reactive ketones (excluding diaryl/α,β-unsaturated/α-hetero) is 1. The maximum absolute atomic E-state index is 12.4. The number of carbonyl (C=O) groups excluding carboxylic acids is 2. The minimum atomic E-state index is 0.0617. The number of aromatic nitrogens is 3. The summed E-state index contributed by atoms with van der Waals surface area (Å²) in [6, 6.07) is 13.9. The molecular formula is C23H22N4O2. The smallest absolute Gasteiger partial charge is 0.226 e. The fraction of sp³-hybridized carbons (Fsp3) is 0.261. The van der Waals surface area contributed by atoms with Crippen LogP contribution in [0.1, 0.15) is 41.5 Å². The number of fused-ring (bicyclic) bond motifs is 1. The summed E-state index contributed by atoms with van der Waals surface area (Å²) in [5.74, 6) is 0.800. The van der Waals surface area contributed by atoms with Crippen molar-refractivity contribution in [2.45, 2.75) is 32.6 Å². The van der Waals surface area contributed by atoms with Crippen LogP contribution in [-0.4, -0.2) is 33.4 Å². The van der Waals surface area contributed by atoms with Gasteiger partial charge in [0.25, 0.3) is 0 Å². The summed E-state index contributed by atoms with van der Waals surface area (Å²) in [5, 5.41) is 7.69. The van der Waals surface area contributed by atoms with Gasteiger partial charge < -0.3 is 4.90 Å². The van der Waals surface area contributed by atoms with Crippen LogP contribution in [-0.2, 0) is 17.6 Å². The van der Waals surface area contributed by atoms with Crippen LogP contribution in [0.15, 0.2) is 54.9 Å². The number of amides is 1. The highest BCUT2D eigenvalue weighted by Crippen LogP contribution is 2.32. The van der Waals surface area contributed by atoms with Gasteiger partial charge in [-0.05, 0) is 35.2 Å². The number of carbonyl (C=O) groups is 2. The summed E-state index contributed by atoms with van der Waals surface area (Å²) in [6.07, 6.45) is 5.32. The Morgan fingerprint density at radius 2 is 1.83 bits per heavy atom. The largest absolute Gasteiger partial charge is 0.312 e. The van der Waals surface area contributed by atoms with E-state index in [1.165, 1.54) is 11.8 Å². The normalized spacial score (nSPS) is 12.7.